The largest absolute Gasteiger partial charge is 0.378 e. The molecule has 0 amide bonds. The predicted octanol–water partition coefficient (Wildman–Crippen LogP) is 3.73. The third-order valence-electron chi connectivity index (χ3n) is 4.33. The Bertz CT molecular complexity index is 880. The van der Waals surface area contributed by atoms with Gasteiger partial charge >= 0.3 is 0 Å². The smallest absolute Gasteiger partial charge is 0.139 e. The highest BCUT2D eigenvalue weighted by atomic mass is 35.5. The van der Waals surface area contributed by atoms with Crippen LogP contribution in [0, 0.1) is 0 Å². The molecule has 0 saturated carbocycles. The van der Waals surface area contributed by atoms with Crippen LogP contribution in [0.2, 0.25) is 5.15 Å². The number of hydrogen-bond donors (Lipinski definition) is 1. The van der Waals surface area contributed by atoms with Crippen LogP contribution in [0.3, 0.4) is 0 Å². The molecule has 1 aliphatic rings. The Hall–Kier alpha value is -2.37. The molecule has 3 heterocycles. The maximum atomic E-state index is 6.31. The zero-order valence-corrected chi connectivity index (χ0v) is 14.5. The van der Waals surface area contributed by atoms with Gasteiger partial charge < -0.3 is 15.0 Å². The van der Waals surface area contributed by atoms with E-state index < -0.39 is 0 Å². The van der Waals surface area contributed by atoms with Crippen molar-refractivity contribution in [1.82, 2.24) is 9.97 Å². The van der Waals surface area contributed by atoms with E-state index in [4.69, 9.17) is 16.3 Å². The zero-order valence-electron chi connectivity index (χ0n) is 13.8. The SMILES string of the molecule is Clc1nc(NCc2cccnc2N2CCOCC2)cc2ccccc12. The predicted molar refractivity (Wildman–Crippen MR) is 101 cm³/mol. The number of ether oxygens (including phenoxy) is 1. The lowest BCUT2D eigenvalue weighted by atomic mass is 10.2. The summed E-state index contributed by atoms with van der Waals surface area (Å²) in [5, 5.41) is 5.93. The number of pyridine rings is 2. The van der Waals surface area contributed by atoms with E-state index in [-0.39, 0.29) is 0 Å². The van der Waals surface area contributed by atoms with Gasteiger partial charge in [-0.25, -0.2) is 9.97 Å². The molecule has 1 saturated heterocycles. The highest BCUT2D eigenvalue weighted by molar-refractivity contribution is 6.34. The Morgan fingerprint density at radius 2 is 1.96 bits per heavy atom. The first kappa shape index (κ1) is 16.1. The van der Waals surface area contributed by atoms with Gasteiger partial charge in [-0.3, -0.25) is 0 Å². The topological polar surface area (TPSA) is 50.3 Å². The Labute approximate surface area is 151 Å². The molecular formula is C19H19ClN4O. The van der Waals surface area contributed by atoms with Gasteiger partial charge in [-0.1, -0.05) is 41.9 Å². The lowest BCUT2D eigenvalue weighted by Gasteiger charge is -2.29. The second-order valence-electron chi connectivity index (χ2n) is 5.96. The van der Waals surface area contributed by atoms with Crippen molar-refractivity contribution < 1.29 is 4.74 Å². The van der Waals surface area contributed by atoms with Crippen LogP contribution in [-0.4, -0.2) is 36.3 Å². The van der Waals surface area contributed by atoms with Gasteiger partial charge in [-0.2, -0.15) is 0 Å². The monoisotopic (exact) mass is 354 g/mol. The van der Waals surface area contributed by atoms with Gasteiger partial charge in [0.05, 0.1) is 13.2 Å². The van der Waals surface area contributed by atoms with Crippen molar-refractivity contribution in [1.29, 1.82) is 0 Å². The van der Waals surface area contributed by atoms with Crippen molar-refractivity contribution in [3.63, 3.8) is 0 Å². The van der Waals surface area contributed by atoms with E-state index in [9.17, 15) is 0 Å². The van der Waals surface area contributed by atoms with E-state index in [1.54, 1.807) is 0 Å². The van der Waals surface area contributed by atoms with Crippen LogP contribution in [0.1, 0.15) is 5.56 Å². The van der Waals surface area contributed by atoms with Crippen molar-refractivity contribution in [3.8, 4) is 0 Å². The molecule has 0 atom stereocenters. The lowest BCUT2D eigenvalue weighted by molar-refractivity contribution is 0.122. The summed E-state index contributed by atoms with van der Waals surface area (Å²) >= 11 is 6.31. The molecule has 0 spiro atoms. The van der Waals surface area contributed by atoms with Crippen molar-refractivity contribution in [2.75, 3.05) is 36.5 Å². The third kappa shape index (κ3) is 3.52. The molecular weight excluding hydrogens is 336 g/mol. The molecule has 1 N–H and O–H groups in total. The molecule has 25 heavy (non-hydrogen) atoms. The summed E-state index contributed by atoms with van der Waals surface area (Å²) in [5.41, 5.74) is 1.13. The van der Waals surface area contributed by atoms with Gasteiger partial charge in [-0.15, -0.1) is 0 Å². The number of aromatic nitrogens is 2. The maximum absolute atomic E-state index is 6.31. The summed E-state index contributed by atoms with van der Waals surface area (Å²) in [5.74, 6) is 1.77. The molecule has 0 aliphatic carbocycles. The number of morpholine rings is 1. The first-order valence-corrected chi connectivity index (χ1v) is 8.75. The van der Waals surface area contributed by atoms with Crippen LogP contribution in [-0.2, 0) is 11.3 Å². The fraction of sp³-hybridized carbons (Fsp3) is 0.263. The number of hydrogen-bond acceptors (Lipinski definition) is 5. The number of benzene rings is 1. The Kier molecular flexibility index (Phi) is 4.68. The van der Waals surface area contributed by atoms with Crippen LogP contribution >= 0.6 is 11.6 Å². The normalized spacial score (nSPS) is 14.7. The number of fused-ring (bicyclic) bond motifs is 1. The lowest BCUT2D eigenvalue weighted by Crippen LogP contribution is -2.37. The third-order valence-corrected chi connectivity index (χ3v) is 4.62. The minimum atomic E-state index is 0.514. The Morgan fingerprint density at radius 3 is 2.84 bits per heavy atom. The summed E-state index contributed by atoms with van der Waals surface area (Å²) in [6.45, 7) is 3.85. The number of nitrogens with zero attached hydrogens (tertiary/aromatic N) is 3. The molecule has 4 rings (SSSR count). The average Bonchev–Trinajstić information content (AvgIpc) is 2.67. The molecule has 0 bridgehead atoms. The fourth-order valence-electron chi connectivity index (χ4n) is 3.06. The molecule has 0 unspecified atom stereocenters. The van der Waals surface area contributed by atoms with E-state index in [0.717, 1.165) is 54.3 Å². The summed E-state index contributed by atoms with van der Waals surface area (Å²) in [7, 11) is 0. The number of nitrogens with one attached hydrogen (secondary N) is 1. The van der Waals surface area contributed by atoms with Crippen LogP contribution in [0.5, 0.6) is 0 Å². The highest BCUT2D eigenvalue weighted by Gasteiger charge is 2.15. The van der Waals surface area contributed by atoms with Gasteiger partial charge in [0.25, 0.3) is 0 Å². The van der Waals surface area contributed by atoms with E-state index >= 15 is 0 Å². The maximum Gasteiger partial charge on any atom is 0.139 e. The number of halogens is 1. The molecule has 5 nitrogen and oxygen atoms in total. The summed E-state index contributed by atoms with van der Waals surface area (Å²) in [6, 6.07) is 14.1. The van der Waals surface area contributed by atoms with E-state index in [1.165, 1.54) is 0 Å². The average molecular weight is 355 g/mol. The molecule has 128 valence electrons. The second-order valence-corrected chi connectivity index (χ2v) is 6.32. The Morgan fingerprint density at radius 1 is 1.12 bits per heavy atom. The van der Waals surface area contributed by atoms with Gasteiger partial charge in [0, 0.05) is 36.8 Å². The van der Waals surface area contributed by atoms with Gasteiger partial charge in [0.2, 0.25) is 0 Å². The van der Waals surface area contributed by atoms with Gasteiger partial charge in [0.15, 0.2) is 0 Å². The standard InChI is InChI=1S/C19H19ClN4O/c20-18-16-6-2-1-4-14(16)12-17(23-18)22-13-15-5-3-7-21-19(15)24-8-10-25-11-9-24/h1-7,12H,8-11,13H2,(H,22,23). The molecule has 1 aromatic carbocycles. The van der Waals surface area contributed by atoms with Crippen LogP contribution in [0.15, 0.2) is 48.7 Å². The summed E-state index contributed by atoms with van der Waals surface area (Å²) < 4.78 is 5.43. The minimum absolute atomic E-state index is 0.514. The molecule has 2 aromatic heterocycles. The highest BCUT2D eigenvalue weighted by Crippen LogP contribution is 2.25. The molecule has 0 radical (unpaired) electrons. The Balaban J connectivity index is 1.55. The first-order chi connectivity index (χ1) is 12.3. The van der Waals surface area contributed by atoms with Crippen LogP contribution in [0.25, 0.3) is 10.8 Å². The van der Waals surface area contributed by atoms with Crippen LogP contribution < -0.4 is 10.2 Å². The molecule has 1 aliphatic heterocycles. The summed E-state index contributed by atoms with van der Waals surface area (Å²) in [6.07, 6.45) is 1.83. The van der Waals surface area contributed by atoms with Gasteiger partial charge in [-0.05, 0) is 17.5 Å². The van der Waals surface area contributed by atoms with Crippen molar-refractivity contribution in [2.24, 2.45) is 0 Å². The van der Waals surface area contributed by atoms with E-state index in [0.29, 0.717) is 11.7 Å². The van der Waals surface area contributed by atoms with Crippen molar-refractivity contribution in [3.05, 3.63) is 59.4 Å². The second kappa shape index (κ2) is 7.25. The molecule has 1 fully saturated rings. The quantitative estimate of drug-likeness (QED) is 0.723. The summed E-state index contributed by atoms with van der Waals surface area (Å²) in [4.78, 5) is 11.3. The van der Waals surface area contributed by atoms with E-state index in [2.05, 4.69) is 26.3 Å². The fourth-order valence-corrected chi connectivity index (χ4v) is 3.32. The van der Waals surface area contributed by atoms with Gasteiger partial charge in [0.1, 0.15) is 16.8 Å². The molecule has 3 aromatic rings. The van der Waals surface area contributed by atoms with Crippen molar-refractivity contribution >= 4 is 34.0 Å². The van der Waals surface area contributed by atoms with E-state index in [1.807, 2.05) is 42.6 Å². The zero-order chi connectivity index (χ0) is 17.1. The minimum Gasteiger partial charge on any atom is -0.378 e. The number of anilines is 2. The van der Waals surface area contributed by atoms with Crippen LogP contribution in [0.4, 0.5) is 11.6 Å². The first-order valence-electron chi connectivity index (χ1n) is 8.37. The van der Waals surface area contributed by atoms with Crippen molar-refractivity contribution in [2.45, 2.75) is 6.54 Å². The molecule has 6 heteroatoms. The number of rotatable bonds is 4.